The first-order chi connectivity index (χ1) is 14.1. The van der Waals surface area contributed by atoms with Gasteiger partial charge in [-0.3, -0.25) is 9.52 Å². The Bertz CT molecular complexity index is 1220. The first kappa shape index (κ1) is 21.9. The Morgan fingerprint density at radius 3 is 2.57 bits per heavy atom. The molecule has 2 aromatic heterocycles. The molecule has 1 amide bonds. The summed E-state index contributed by atoms with van der Waals surface area (Å²) in [6.45, 7) is 3.81. The third kappa shape index (κ3) is 4.69. The van der Waals surface area contributed by atoms with E-state index in [1.807, 2.05) is 0 Å². The van der Waals surface area contributed by atoms with Crippen molar-refractivity contribution >= 4 is 48.9 Å². The normalized spacial score (nSPS) is 11.5. The fourth-order valence-corrected chi connectivity index (χ4v) is 4.60. The number of carbonyl (C=O) groups is 1. The highest BCUT2D eigenvalue weighted by molar-refractivity contribution is 7.92. The minimum absolute atomic E-state index is 0.226. The number of hydrogen-bond acceptors (Lipinski definition) is 8. The number of carbonyl (C=O) groups excluding carboxylic acids is 1. The van der Waals surface area contributed by atoms with Gasteiger partial charge in [-0.1, -0.05) is 6.07 Å². The molecule has 0 aliphatic rings. The van der Waals surface area contributed by atoms with E-state index < -0.39 is 10.0 Å². The zero-order chi connectivity index (χ0) is 22.1. The molecule has 0 fully saturated rings. The first-order valence-corrected chi connectivity index (χ1v) is 11.6. The van der Waals surface area contributed by atoms with Crippen LogP contribution in [0.15, 0.2) is 18.2 Å². The van der Waals surface area contributed by atoms with Crippen LogP contribution in [-0.2, 0) is 21.4 Å². The number of hydrogen-bond donors (Lipinski definition) is 2. The molecule has 9 nitrogen and oxygen atoms in total. The van der Waals surface area contributed by atoms with Gasteiger partial charge in [-0.05, 0) is 37.1 Å². The van der Waals surface area contributed by atoms with Crippen molar-refractivity contribution in [2.75, 3.05) is 30.5 Å². The van der Waals surface area contributed by atoms with Crippen molar-refractivity contribution in [3.63, 3.8) is 0 Å². The van der Waals surface area contributed by atoms with E-state index in [1.165, 1.54) is 18.4 Å². The summed E-state index contributed by atoms with van der Waals surface area (Å²) in [5.41, 5.74) is 2.31. The van der Waals surface area contributed by atoms with Crippen LogP contribution in [0.25, 0.3) is 10.2 Å². The molecule has 160 valence electrons. The number of nitrogens with zero attached hydrogens (tertiary/aromatic N) is 2. The van der Waals surface area contributed by atoms with Crippen LogP contribution in [0.4, 0.5) is 11.4 Å². The summed E-state index contributed by atoms with van der Waals surface area (Å²) in [5, 5.41) is 3.49. The average Bonchev–Trinajstić information content (AvgIpc) is 3.00. The zero-order valence-corrected chi connectivity index (χ0v) is 18.8. The highest BCUT2D eigenvalue weighted by atomic mass is 32.2. The van der Waals surface area contributed by atoms with Gasteiger partial charge in [0.05, 0.1) is 29.3 Å². The number of fused-ring (bicyclic) bond motifs is 1. The summed E-state index contributed by atoms with van der Waals surface area (Å²) in [6.07, 6.45) is 1.07. The maximum atomic E-state index is 12.9. The van der Waals surface area contributed by atoms with Crippen LogP contribution >= 0.6 is 11.3 Å². The van der Waals surface area contributed by atoms with E-state index >= 15 is 0 Å². The lowest BCUT2D eigenvalue weighted by molar-refractivity contribution is 0.103. The van der Waals surface area contributed by atoms with Gasteiger partial charge in [-0.15, -0.1) is 11.3 Å². The minimum Gasteiger partial charge on any atom is -0.480 e. The largest absolute Gasteiger partial charge is 0.480 e. The van der Waals surface area contributed by atoms with Crippen LogP contribution in [0, 0.1) is 13.8 Å². The summed E-state index contributed by atoms with van der Waals surface area (Å²) in [6, 6.07) is 5.01. The molecule has 0 aliphatic heterocycles. The number of thiophene rings is 1. The Morgan fingerprint density at radius 1 is 1.20 bits per heavy atom. The van der Waals surface area contributed by atoms with E-state index in [9.17, 15) is 13.2 Å². The van der Waals surface area contributed by atoms with E-state index in [0.717, 1.165) is 11.8 Å². The second kappa shape index (κ2) is 8.54. The third-order valence-electron chi connectivity index (χ3n) is 4.27. The minimum atomic E-state index is -3.44. The molecule has 3 aromatic rings. The van der Waals surface area contributed by atoms with Crippen molar-refractivity contribution in [1.82, 2.24) is 9.97 Å². The number of nitrogens with one attached hydrogen (secondary N) is 2. The Balaban J connectivity index is 1.96. The quantitative estimate of drug-likeness (QED) is 0.568. The van der Waals surface area contributed by atoms with E-state index in [0.29, 0.717) is 43.7 Å². The van der Waals surface area contributed by atoms with Gasteiger partial charge in [0.1, 0.15) is 11.4 Å². The molecule has 0 saturated heterocycles. The second-order valence-electron chi connectivity index (χ2n) is 6.68. The first-order valence-electron chi connectivity index (χ1n) is 8.85. The predicted octanol–water partition coefficient (Wildman–Crippen LogP) is 3.09. The molecule has 0 aliphatic carbocycles. The zero-order valence-electron chi connectivity index (χ0n) is 17.2. The van der Waals surface area contributed by atoms with Gasteiger partial charge in [-0.2, -0.15) is 4.98 Å². The smallest absolute Gasteiger partial charge is 0.266 e. The van der Waals surface area contributed by atoms with Gasteiger partial charge >= 0.3 is 0 Å². The molecule has 0 bridgehead atoms. The number of aromatic nitrogens is 2. The number of aryl methyl sites for hydroxylation is 2. The van der Waals surface area contributed by atoms with Crippen LogP contribution < -0.4 is 14.8 Å². The Hall–Kier alpha value is -2.76. The van der Waals surface area contributed by atoms with Crippen LogP contribution in [-0.4, -0.2) is 44.8 Å². The number of sulfonamides is 1. The van der Waals surface area contributed by atoms with Crippen molar-refractivity contribution in [3.05, 3.63) is 40.0 Å². The van der Waals surface area contributed by atoms with E-state index in [1.54, 1.807) is 39.2 Å². The maximum absolute atomic E-state index is 12.9. The molecule has 0 unspecified atom stereocenters. The lowest BCUT2D eigenvalue weighted by Gasteiger charge is -2.11. The highest BCUT2D eigenvalue weighted by Crippen LogP contribution is 2.35. The molecular formula is C19H22N4O5S2. The summed E-state index contributed by atoms with van der Waals surface area (Å²) in [5.74, 6) is 0.514. The second-order valence-corrected chi connectivity index (χ2v) is 9.42. The average molecular weight is 451 g/mol. The molecular weight excluding hydrogens is 428 g/mol. The van der Waals surface area contributed by atoms with E-state index in [2.05, 4.69) is 20.0 Å². The summed E-state index contributed by atoms with van der Waals surface area (Å²) in [4.78, 5) is 22.8. The highest BCUT2D eigenvalue weighted by Gasteiger charge is 2.21. The van der Waals surface area contributed by atoms with Gasteiger partial charge in [0.2, 0.25) is 15.9 Å². The molecule has 1 aromatic carbocycles. The van der Waals surface area contributed by atoms with Crippen molar-refractivity contribution in [2.24, 2.45) is 0 Å². The topological polar surface area (TPSA) is 120 Å². The Labute approximate surface area is 178 Å². The van der Waals surface area contributed by atoms with E-state index in [4.69, 9.17) is 9.47 Å². The lowest BCUT2D eigenvalue weighted by atomic mass is 10.1. The predicted molar refractivity (Wildman–Crippen MR) is 117 cm³/mol. The number of methoxy groups -OCH3 is 2. The monoisotopic (exact) mass is 450 g/mol. The standard InChI is InChI=1S/C19H22N4O5S2/c1-10-6-7-12(8-13(10)23-30(5,25)26)20-17(24)16-11(2)15-18(28-4)21-14(9-27-3)22-19(15)29-16/h6-8,23H,9H2,1-5H3,(H,20,24). The fourth-order valence-electron chi connectivity index (χ4n) is 2.90. The molecule has 11 heteroatoms. The Kier molecular flexibility index (Phi) is 6.25. The van der Waals surface area contributed by atoms with Crippen molar-refractivity contribution in [1.29, 1.82) is 0 Å². The SMILES string of the molecule is COCc1nc(OC)c2c(C)c(C(=O)Nc3ccc(C)c(NS(C)(=O)=O)c3)sc2n1. The third-order valence-corrected chi connectivity index (χ3v) is 6.04. The molecule has 2 N–H and O–H groups in total. The van der Waals surface area contributed by atoms with Gasteiger partial charge in [0.25, 0.3) is 5.91 Å². The molecule has 0 spiro atoms. The van der Waals surface area contributed by atoms with Crippen molar-refractivity contribution in [3.8, 4) is 5.88 Å². The van der Waals surface area contributed by atoms with Crippen LogP contribution in [0.3, 0.4) is 0 Å². The molecule has 0 saturated carbocycles. The van der Waals surface area contributed by atoms with Crippen molar-refractivity contribution < 1.29 is 22.7 Å². The van der Waals surface area contributed by atoms with Gasteiger partial charge in [0, 0.05) is 12.8 Å². The molecule has 0 atom stereocenters. The summed E-state index contributed by atoms with van der Waals surface area (Å²) in [7, 11) is -0.377. The molecule has 30 heavy (non-hydrogen) atoms. The van der Waals surface area contributed by atoms with Gasteiger partial charge in [0.15, 0.2) is 5.82 Å². The maximum Gasteiger partial charge on any atom is 0.266 e. The molecule has 3 rings (SSSR count). The summed E-state index contributed by atoms with van der Waals surface area (Å²) >= 11 is 1.23. The summed E-state index contributed by atoms with van der Waals surface area (Å²) < 4.78 is 36.0. The van der Waals surface area contributed by atoms with Crippen LogP contribution in [0.5, 0.6) is 5.88 Å². The number of benzene rings is 1. The number of ether oxygens (including phenoxy) is 2. The Morgan fingerprint density at radius 2 is 1.93 bits per heavy atom. The van der Waals surface area contributed by atoms with E-state index in [-0.39, 0.29) is 12.5 Å². The van der Waals surface area contributed by atoms with Crippen LogP contribution in [0.2, 0.25) is 0 Å². The number of amides is 1. The fraction of sp³-hybridized carbons (Fsp3) is 0.316. The van der Waals surface area contributed by atoms with Crippen molar-refractivity contribution in [2.45, 2.75) is 20.5 Å². The number of anilines is 2. The molecule has 0 radical (unpaired) electrons. The van der Waals surface area contributed by atoms with Gasteiger partial charge in [-0.25, -0.2) is 13.4 Å². The van der Waals surface area contributed by atoms with Crippen LogP contribution in [0.1, 0.15) is 26.6 Å². The lowest BCUT2D eigenvalue weighted by Crippen LogP contribution is -2.13. The van der Waals surface area contributed by atoms with Gasteiger partial charge < -0.3 is 14.8 Å². The molecule has 2 heterocycles. The number of rotatable bonds is 7.